The number of ether oxygens (including phenoxy) is 2. The topological polar surface area (TPSA) is 38.8 Å². The van der Waals surface area contributed by atoms with Crippen LogP contribution in [0.25, 0.3) is 6.08 Å². The molecule has 1 saturated heterocycles. The summed E-state index contributed by atoms with van der Waals surface area (Å²) in [6.07, 6.45) is -2.88. The number of alkyl halides is 3. The van der Waals surface area contributed by atoms with Crippen LogP contribution in [0.5, 0.6) is 11.5 Å². The summed E-state index contributed by atoms with van der Waals surface area (Å²) in [7, 11) is 1.53. The molecule has 0 spiro atoms. The number of halogens is 4. The van der Waals surface area contributed by atoms with Crippen LogP contribution >= 0.6 is 46.6 Å². The molecule has 1 heterocycles. The van der Waals surface area contributed by atoms with Crippen molar-refractivity contribution in [2.24, 2.45) is 0 Å². The average Bonchev–Trinajstić information content (AvgIpc) is 3.11. The highest BCUT2D eigenvalue weighted by atomic mass is 127. The average molecular weight is 641 g/mol. The second-order valence-electron chi connectivity index (χ2n) is 7.87. The van der Waals surface area contributed by atoms with Crippen LogP contribution in [0.3, 0.4) is 0 Å². The third-order valence-electron chi connectivity index (χ3n) is 5.28. The van der Waals surface area contributed by atoms with Gasteiger partial charge in [-0.25, -0.2) is 0 Å². The maximum atomic E-state index is 13.1. The summed E-state index contributed by atoms with van der Waals surface area (Å²) in [5, 5.41) is 0. The van der Waals surface area contributed by atoms with E-state index in [0.717, 1.165) is 43.5 Å². The Kier molecular flexibility index (Phi) is 7.96. The summed E-state index contributed by atoms with van der Waals surface area (Å²) in [6.45, 7) is 2.38. The number of rotatable bonds is 6. The number of methoxy groups -OCH3 is 1. The first kappa shape index (κ1) is 26.5. The number of aryl methyl sites for hydroxylation is 1. The van der Waals surface area contributed by atoms with Gasteiger partial charge in [-0.1, -0.05) is 59.9 Å². The molecule has 3 aromatic carbocycles. The monoisotopic (exact) mass is 641 g/mol. The van der Waals surface area contributed by atoms with Crippen molar-refractivity contribution in [3.05, 3.63) is 91.4 Å². The van der Waals surface area contributed by atoms with Crippen LogP contribution in [0.15, 0.2) is 65.6 Å². The molecule has 10 heteroatoms. The molecule has 0 bridgehead atoms. The van der Waals surface area contributed by atoms with Gasteiger partial charge < -0.3 is 9.47 Å². The van der Waals surface area contributed by atoms with Crippen molar-refractivity contribution in [2.45, 2.75) is 19.7 Å². The van der Waals surface area contributed by atoms with Crippen LogP contribution in [0, 0.1) is 10.5 Å². The minimum Gasteiger partial charge on any atom is -0.493 e. The van der Waals surface area contributed by atoms with Gasteiger partial charge in [-0.05, 0) is 77.0 Å². The summed E-state index contributed by atoms with van der Waals surface area (Å²) in [6, 6.07) is 16.1. The number of hydrogen-bond acceptors (Lipinski definition) is 5. The van der Waals surface area contributed by atoms with Crippen molar-refractivity contribution in [1.82, 2.24) is 0 Å². The minimum absolute atomic E-state index is 0.0720. The van der Waals surface area contributed by atoms with Gasteiger partial charge in [0.05, 0.1) is 26.8 Å². The second-order valence-corrected chi connectivity index (χ2v) is 10.7. The van der Waals surface area contributed by atoms with E-state index in [1.165, 1.54) is 19.2 Å². The lowest BCUT2D eigenvalue weighted by Gasteiger charge is -2.16. The summed E-state index contributed by atoms with van der Waals surface area (Å²) in [5.74, 6) is 0.582. The number of thiocarbonyl (C=S) groups is 1. The quantitative estimate of drug-likeness (QED) is 0.158. The molecular formula is C26H19F3INO3S2. The molecule has 186 valence electrons. The molecule has 0 radical (unpaired) electrons. The highest BCUT2D eigenvalue weighted by Crippen LogP contribution is 2.40. The van der Waals surface area contributed by atoms with Crippen molar-refractivity contribution in [2.75, 3.05) is 12.0 Å². The van der Waals surface area contributed by atoms with Crippen LogP contribution in [0.4, 0.5) is 18.9 Å². The molecular weight excluding hydrogens is 622 g/mol. The smallest absolute Gasteiger partial charge is 0.416 e. The Balaban J connectivity index is 1.58. The number of carbonyl (C=O) groups excluding carboxylic acids is 1. The van der Waals surface area contributed by atoms with Crippen LogP contribution in [0.1, 0.15) is 22.3 Å². The fourth-order valence-corrected chi connectivity index (χ4v) is 5.55. The standard InChI is InChI=1S/C26H19F3INO3S2/c1-15-6-8-16(9-7-15)14-34-23-20(30)10-17(11-21(23)33-2)12-22-24(32)31(25(35)36-22)19-5-3-4-18(13-19)26(27,28)29/h3-13H,14H2,1-2H3/b22-12+. The van der Waals surface area contributed by atoms with Crippen molar-refractivity contribution in [3.8, 4) is 11.5 Å². The first-order valence-electron chi connectivity index (χ1n) is 10.6. The summed E-state index contributed by atoms with van der Waals surface area (Å²) in [5.41, 5.74) is 2.07. The largest absolute Gasteiger partial charge is 0.493 e. The predicted molar refractivity (Wildman–Crippen MR) is 148 cm³/mol. The normalized spacial score (nSPS) is 15.1. The van der Waals surface area contributed by atoms with E-state index in [9.17, 15) is 18.0 Å². The van der Waals surface area contributed by atoms with Crippen LogP contribution in [-0.2, 0) is 17.6 Å². The molecule has 0 atom stereocenters. The van der Waals surface area contributed by atoms with Gasteiger partial charge in [0.15, 0.2) is 15.8 Å². The van der Waals surface area contributed by atoms with Crippen molar-refractivity contribution in [3.63, 3.8) is 0 Å². The molecule has 0 unspecified atom stereocenters. The molecule has 1 fully saturated rings. The predicted octanol–water partition coefficient (Wildman–Crippen LogP) is 7.61. The van der Waals surface area contributed by atoms with Gasteiger partial charge in [-0.15, -0.1) is 0 Å². The Morgan fingerprint density at radius 3 is 2.50 bits per heavy atom. The first-order chi connectivity index (χ1) is 17.1. The lowest BCUT2D eigenvalue weighted by molar-refractivity contribution is -0.137. The van der Waals surface area contributed by atoms with E-state index in [1.54, 1.807) is 12.1 Å². The van der Waals surface area contributed by atoms with Gasteiger partial charge >= 0.3 is 6.18 Å². The molecule has 4 rings (SSSR count). The van der Waals surface area contributed by atoms with E-state index in [-0.39, 0.29) is 10.0 Å². The number of carbonyl (C=O) groups is 1. The molecule has 0 N–H and O–H groups in total. The van der Waals surface area contributed by atoms with Crippen LogP contribution in [-0.4, -0.2) is 17.3 Å². The van der Waals surface area contributed by atoms with Crippen molar-refractivity contribution < 1.29 is 27.4 Å². The van der Waals surface area contributed by atoms with E-state index in [4.69, 9.17) is 21.7 Å². The highest BCUT2D eigenvalue weighted by molar-refractivity contribution is 14.1. The molecule has 36 heavy (non-hydrogen) atoms. The third kappa shape index (κ3) is 5.87. The van der Waals surface area contributed by atoms with Gasteiger partial charge in [-0.3, -0.25) is 9.69 Å². The van der Waals surface area contributed by atoms with E-state index < -0.39 is 17.6 Å². The molecule has 1 aliphatic heterocycles. The molecule has 3 aromatic rings. The Hall–Kier alpha value is -2.57. The zero-order valence-electron chi connectivity index (χ0n) is 19.1. The first-order valence-corrected chi connectivity index (χ1v) is 12.9. The molecule has 1 aliphatic rings. The zero-order valence-corrected chi connectivity index (χ0v) is 22.8. The van der Waals surface area contributed by atoms with E-state index in [2.05, 4.69) is 22.6 Å². The highest BCUT2D eigenvalue weighted by Gasteiger charge is 2.36. The maximum absolute atomic E-state index is 13.1. The maximum Gasteiger partial charge on any atom is 0.416 e. The van der Waals surface area contributed by atoms with E-state index in [1.807, 2.05) is 37.3 Å². The Morgan fingerprint density at radius 2 is 1.83 bits per heavy atom. The Morgan fingerprint density at radius 1 is 1.11 bits per heavy atom. The van der Waals surface area contributed by atoms with Gasteiger partial charge in [0.25, 0.3) is 5.91 Å². The minimum atomic E-state index is -4.53. The zero-order chi connectivity index (χ0) is 26.0. The molecule has 1 amide bonds. The van der Waals surface area contributed by atoms with E-state index >= 15 is 0 Å². The lowest BCUT2D eigenvalue weighted by Crippen LogP contribution is -2.27. The summed E-state index contributed by atoms with van der Waals surface area (Å²) in [4.78, 5) is 14.5. The lowest BCUT2D eigenvalue weighted by atomic mass is 10.1. The van der Waals surface area contributed by atoms with Gasteiger partial charge in [0, 0.05) is 0 Å². The third-order valence-corrected chi connectivity index (χ3v) is 7.38. The molecule has 0 aromatic heterocycles. The SMILES string of the molecule is COc1cc(/C=C2/SC(=S)N(c3cccc(C(F)(F)F)c3)C2=O)cc(I)c1OCc1ccc(C)cc1. The fraction of sp³-hybridized carbons (Fsp3) is 0.154. The van der Waals surface area contributed by atoms with Crippen molar-refractivity contribution >= 4 is 68.6 Å². The number of nitrogens with zero attached hydrogens (tertiary/aromatic N) is 1. The van der Waals surface area contributed by atoms with Gasteiger partial charge in [0.2, 0.25) is 0 Å². The van der Waals surface area contributed by atoms with Gasteiger partial charge in [-0.2, -0.15) is 13.2 Å². The summed E-state index contributed by atoms with van der Waals surface area (Å²) >= 11 is 8.48. The number of hydrogen-bond donors (Lipinski definition) is 0. The Bertz CT molecular complexity index is 1360. The number of anilines is 1. The van der Waals surface area contributed by atoms with Crippen LogP contribution < -0.4 is 14.4 Å². The van der Waals surface area contributed by atoms with Gasteiger partial charge in [0.1, 0.15) is 6.61 Å². The fourth-order valence-electron chi connectivity index (χ4n) is 3.47. The molecule has 0 aliphatic carbocycles. The molecule has 4 nitrogen and oxygen atoms in total. The summed E-state index contributed by atoms with van der Waals surface area (Å²) < 4.78 is 51.9. The second kappa shape index (κ2) is 10.8. The number of benzene rings is 3. The molecule has 0 saturated carbocycles. The van der Waals surface area contributed by atoms with Crippen LogP contribution in [0.2, 0.25) is 0 Å². The Labute approximate surface area is 229 Å². The number of amides is 1. The van der Waals surface area contributed by atoms with Crippen molar-refractivity contribution in [1.29, 1.82) is 0 Å². The van der Waals surface area contributed by atoms with E-state index in [0.29, 0.717) is 28.6 Å². The number of thioether (sulfide) groups is 1.